The molecule has 0 spiro atoms. The maximum atomic E-state index is 2.67. The fourth-order valence-electron chi connectivity index (χ4n) is 4.43. The molecule has 0 fully saturated rings. The summed E-state index contributed by atoms with van der Waals surface area (Å²) in [6.45, 7) is 12.2. The van der Waals surface area contributed by atoms with Gasteiger partial charge in [0.15, 0.2) is 0 Å². The molecular weight excluding hydrogens is 286 g/mol. The van der Waals surface area contributed by atoms with E-state index in [4.69, 9.17) is 0 Å². The lowest BCUT2D eigenvalue weighted by molar-refractivity contribution is 0.404. The predicted octanol–water partition coefficient (Wildman–Crippen LogP) is 4.92. The summed E-state index contributed by atoms with van der Waals surface area (Å²) < 4.78 is 0. The Labute approximate surface area is 138 Å². The van der Waals surface area contributed by atoms with Crippen LogP contribution in [-0.4, -0.2) is 37.1 Å². The van der Waals surface area contributed by atoms with Gasteiger partial charge in [-0.2, -0.15) is 0 Å². The zero-order valence-electron chi connectivity index (χ0n) is 15.3. The summed E-state index contributed by atoms with van der Waals surface area (Å²) in [5, 5.41) is 0. The predicted molar refractivity (Wildman–Crippen MR) is 103 cm³/mol. The van der Waals surface area contributed by atoms with Crippen LogP contribution in [0.3, 0.4) is 0 Å². The van der Waals surface area contributed by atoms with Gasteiger partial charge >= 0.3 is 0 Å². The molecule has 2 heterocycles. The van der Waals surface area contributed by atoms with Crippen LogP contribution in [0.4, 0.5) is 5.69 Å². The molecule has 1 aromatic rings. The maximum Gasteiger partial charge on any atom is 0.0442 e. The number of benzene rings is 1. The van der Waals surface area contributed by atoms with Gasteiger partial charge in [0.05, 0.1) is 0 Å². The van der Waals surface area contributed by atoms with Crippen LogP contribution < -0.4 is 4.90 Å². The summed E-state index contributed by atoms with van der Waals surface area (Å²) in [6, 6.07) is 7.13. The van der Waals surface area contributed by atoms with Crippen LogP contribution in [0.25, 0.3) is 0 Å². The second-order valence-electron chi connectivity index (χ2n) is 8.83. The molecule has 0 radical (unpaired) electrons. The van der Waals surface area contributed by atoms with Gasteiger partial charge in [0.25, 0.3) is 0 Å². The third-order valence-corrected chi connectivity index (χ3v) is 9.14. The van der Waals surface area contributed by atoms with Crippen molar-refractivity contribution in [1.29, 1.82) is 0 Å². The first-order chi connectivity index (χ1) is 10.2. The summed E-state index contributed by atoms with van der Waals surface area (Å²) >= 11 is 0. The smallest absolute Gasteiger partial charge is 0.0442 e. The fraction of sp³-hybridized carbons (Fsp3) is 0.700. The average Bonchev–Trinajstić information content (AvgIpc) is 2.45. The van der Waals surface area contributed by atoms with Crippen molar-refractivity contribution in [2.75, 3.05) is 42.0 Å². The van der Waals surface area contributed by atoms with Gasteiger partial charge in [-0.15, -0.1) is 0 Å². The molecule has 0 bridgehead atoms. The van der Waals surface area contributed by atoms with Crippen LogP contribution >= 0.6 is 10.0 Å². The van der Waals surface area contributed by atoms with Gasteiger partial charge in [-0.3, -0.25) is 0 Å². The van der Waals surface area contributed by atoms with Gasteiger partial charge in [-0.1, -0.05) is 45.9 Å². The molecule has 0 amide bonds. The molecule has 2 aliphatic heterocycles. The topological polar surface area (TPSA) is 3.24 Å². The van der Waals surface area contributed by atoms with Crippen molar-refractivity contribution >= 4 is 15.7 Å². The number of nitrogens with zero attached hydrogens (tertiary/aromatic N) is 1. The van der Waals surface area contributed by atoms with Crippen molar-refractivity contribution < 1.29 is 0 Å². The van der Waals surface area contributed by atoms with Crippen LogP contribution in [0.1, 0.15) is 51.7 Å². The molecule has 0 N–H and O–H groups in total. The molecule has 2 aliphatic rings. The van der Waals surface area contributed by atoms with E-state index in [1.54, 1.807) is 16.8 Å². The minimum atomic E-state index is -0.487. The molecule has 1 unspecified atom stereocenters. The highest BCUT2D eigenvalue weighted by Gasteiger charge is 2.42. The molecular formula is C20H33NS. The molecule has 124 valence electrons. The second kappa shape index (κ2) is 5.19. The second-order valence-corrected chi connectivity index (χ2v) is 13.2. The first-order valence-corrected chi connectivity index (χ1v) is 11.5. The van der Waals surface area contributed by atoms with Crippen molar-refractivity contribution in [1.82, 2.24) is 0 Å². The molecule has 0 aliphatic carbocycles. The van der Waals surface area contributed by atoms with E-state index in [0.717, 1.165) is 0 Å². The Morgan fingerprint density at radius 1 is 1.05 bits per heavy atom. The van der Waals surface area contributed by atoms with Crippen LogP contribution in [0.15, 0.2) is 18.2 Å². The number of anilines is 1. The van der Waals surface area contributed by atoms with E-state index in [1.807, 2.05) is 0 Å². The van der Waals surface area contributed by atoms with E-state index in [0.29, 0.717) is 10.8 Å². The van der Waals surface area contributed by atoms with Crippen LogP contribution in [0.2, 0.25) is 0 Å². The molecule has 1 aromatic carbocycles. The zero-order chi connectivity index (χ0) is 16.2. The molecule has 0 aromatic heterocycles. The van der Waals surface area contributed by atoms with Gasteiger partial charge < -0.3 is 4.90 Å². The average molecular weight is 320 g/mol. The number of para-hydroxylation sites is 1. The Morgan fingerprint density at radius 2 is 1.68 bits per heavy atom. The van der Waals surface area contributed by atoms with E-state index >= 15 is 0 Å². The summed E-state index contributed by atoms with van der Waals surface area (Å²) in [4.78, 5) is 2.67. The number of hydrogen-bond acceptors (Lipinski definition) is 1. The molecule has 3 rings (SSSR count). The van der Waals surface area contributed by atoms with E-state index in [1.165, 1.54) is 37.4 Å². The quantitative estimate of drug-likeness (QED) is 0.764. The number of rotatable bonds is 3. The lowest BCUT2D eigenvalue weighted by Gasteiger charge is -2.51. The van der Waals surface area contributed by atoms with Gasteiger partial charge in [0.1, 0.15) is 0 Å². The number of hydrogen-bond donors (Lipinski definition) is 0. The Balaban J connectivity index is 2.10. The third-order valence-electron chi connectivity index (χ3n) is 6.16. The Morgan fingerprint density at radius 3 is 2.36 bits per heavy atom. The minimum absolute atomic E-state index is 0.327. The largest absolute Gasteiger partial charge is 0.371 e. The Bertz CT molecular complexity index is 575. The van der Waals surface area contributed by atoms with Crippen molar-refractivity contribution in [3.05, 3.63) is 29.3 Å². The first-order valence-electron chi connectivity index (χ1n) is 8.76. The van der Waals surface area contributed by atoms with Crippen LogP contribution in [-0.2, 0) is 10.8 Å². The highest BCUT2D eigenvalue weighted by Crippen LogP contribution is 2.53. The summed E-state index contributed by atoms with van der Waals surface area (Å²) in [6.07, 6.45) is 7.64. The normalized spacial score (nSPS) is 27.5. The maximum absolute atomic E-state index is 2.67. The lowest BCUT2D eigenvalue weighted by Crippen LogP contribution is -2.47. The minimum Gasteiger partial charge on any atom is -0.371 e. The van der Waals surface area contributed by atoms with Crippen molar-refractivity contribution in [2.45, 2.75) is 51.4 Å². The van der Waals surface area contributed by atoms with Crippen molar-refractivity contribution in [2.24, 2.45) is 0 Å². The van der Waals surface area contributed by atoms with Gasteiger partial charge in [-0.05, 0) is 53.4 Å². The molecule has 2 heteroatoms. The van der Waals surface area contributed by atoms with E-state index in [2.05, 4.69) is 63.3 Å². The van der Waals surface area contributed by atoms with Gasteiger partial charge in [-0.25, -0.2) is 10.0 Å². The van der Waals surface area contributed by atoms with Crippen LogP contribution in [0.5, 0.6) is 0 Å². The monoisotopic (exact) mass is 319 g/mol. The van der Waals surface area contributed by atoms with E-state index in [9.17, 15) is 0 Å². The Hall–Kier alpha value is -0.630. The van der Waals surface area contributed by atoms with Crippen LogP contribution in [0, 0.1) is 0 Å². The van der Waals surface area contributed by atoms with E-state index < -0.39 is 10.0 Å². The molecule has 0 saturated heterocycles. The SMILES string of the molecule is CCS(C)(C)CC1(C)CCN2CCC(C)(C)c3cccc1c32. The van der Waals surface area contributed by atoms with Gasteiger partial charge in [0.2, 0.25) is 0 Å². The van der Waals surface area contributed by atoms with Crippen molar-refractivity contribution in [3.8, 4) is 0 Å². The Kier molecular flexibility index (Phi) is 3.83. The lowest BCUT2D eigenvalue weighted by atomic mass is 9.70. The zero-order valence-corrected chi connectivity index (χ0v) is 16.1. The fourth-order valence-corrected chi connectivity index (χ4v) is 6.66. The standard InChI is InChI=1S/C20H33NS/c1-7-22(5,6)15-20(4)12-14-21-13-11-19(2,3)16-9-8-10-17(20)18(16)21/h8-10H,7,11-15H2,1-6H3. The molecule has 0 saturated carbocycles. The van der Waals surface area contributed by atoms with Crippen molar-refractivity contribution in [3.63, 3.8) is 0 Å². The highest BCUT2D eigenvalue weighted by atomic mass is 32.3. The first kappa shape index (κ1) is 16.2. The van der Waals surface area contributed by atoms with E-state index in [-0.39, 0.29) is 0 Å². The molecule has 1 atom stereocenters. The van der Waals surface area contributed by atoms with Gasteiger partial charge in [0, 0.05) is 24.2 Å². The molecule has 1 nitrogen and oxygen atoms in total. The summed E-state index contributed by atoms with van der Waals surface area (Å²) in [7, 11) is -0.487. The summed E-state index contributed by atoms with van der Waals surface area (Å²) in [5.74, 6) is 2.72. The highest BCUT2D eigenvalue weighted by molar-refractivity contribution is 8.32. The summed E-state index contributed by atoms with van der Waals surface area (Å²) in [5.41, 5.74) is 5.51. The third kappa shape index (κ3) is 2.58. The molecule has 22 heavy (non-hydrogen) atoms.